The zero-order chi connectivity index (χ0) is 17.0. The molecule has 7 heteroatoms. The van der Waals surface area contributed by atoms with Crippen molar-refractivity contribution >= 4 is 17.5 Å². The van der Waals surface area contributed by atoms with E-state index < -0.39 is 11.7 Å². The minimum Gasteiger partial charge on any atom is -0.444 e. The number of hydrogen-bond acceptors (Lipinski definition) is 5. The molecule has 1 heterocycles. The third kappa shape index (κ3) is 4.84. The van der Waals surface area contributed by atoms with E-state index in [1.807, 2.05) is 25.7 Å². The summed E-state index contributed by atoms with van der Waals surface area (Å²) in [5.41, 5.74) is 0.134. The number of rotatable bonds is 3. The summed E-state index contributed by atoms with van der Waals surface area (Å²) in [6.07, 6.45) is 1.23. The Morgan fingerprint density at radius 1 is 1.39 bits per heavy atom. The van der Waals surface area contributed by atoms with Crippen LogP contribution in [-0.2, 0) is 4.74 Å². The number of nitro benzene ring substituents is 1. The van der Waals surface area contributed by atoms with Crippen LogP contribution in [0, 0.1) is 10.1 Å². The van der Waals surface area contributed by atoms with Crippen LogP contribution >= 0.6 is 0 Å². The second kappa shape index (κ2) is 6.85. The van der Waals surface area contributed by atoms with Gasteiger partial charge in [-0.3, -0.25) is 10.1 Å². The van der Waals surface area contributed by atoms with Gasteiger partial charge in [0.2, 0.25) is 0 Å². The number of anilines is 1. The van der Waals surface area contributed by atoms with Gasteiger partial charge in [0, 0.05) is 25.2 Å². The highest BCUT2D eigenvalue weighted by Gasteiger charge is 2.27. The van der Waals surface area contributed by atoms with Crippen LogP contribution in [-0.4, -0.2) is 35.7 Å². The smallest absolute Gasteiger partial charge is 0.407 e. The molecule has 0 aliphatic carbocycles. The van der Waals surface area contributed by atoms with Crippen LogP contribution in [0.15, 0.2) is 24.3 Å². The summed E-state index contributed by atoms with van der Waals surface area (Å²) >= 11 is 0. The number of carbonyl (C=O) groups is 1. The summed E-state index contributed by atoms with van der Waals surface area (Å²) in [6, 6.07) is 6.60. The molecular weight excluding hydrogens is 298 g/mol. The van der Waals surface area contributed by atoms with Crippen LogP contribution in [0.3, 0.4) is 0 Å². The molecule has 126 valence electrons. The Morgan fingerprint density at radius 3 is 2.74 bits per heavy atom. The minimum atomic E-state index is -0.545. The van der Waals surface area contributed by atoms with Crippen LogP contribution in [0.25, 0.3) is 0 Å². The van der Waals surface area contributed by atoms with Gasteiger partial charge in [0.1, 0.15) is 11.3 Å². The molecule has 0 spiro atoms. The standard InChI is InChI=1S/C16H23N3O4/c1-16(2,3)23-15(20)17-12-7-6-10-18(11-12)13-8-4-5-9-14(13)19(21)22/h4-5,8-9,12H,6-7,10-11H2,1-3H3,(H,17,20). The van der Waals surface area contributed by atoms with Gasteiger partial charge in [-0.25, -0.2) is 4.79 Å². The van der Waals surface area contributed by atoms with Gasteiger partial charge >= 0.3 is 6.09 Å². The Bertz CT molecular complexity index is 583. The van der Waals surface area contributed by atoms with Crippen LogP contribution < -0.4 is 10.2 Å². The molecule has 23 heavy (non-hydrogen) atoms. The average Bonchev–Trinajstić information content (AvgIpc) is 2.45. The second-order valence-corrected chi connectivity index (χ2v) is 6.68. The molecule has 1 aromatic carbocycles. The number of alkyl carbamates (subject to hydrolysis) is 1. The summed E-state index contributed by atoms with van der Waals surface area (Å²) in [5, 5.41) is 14.0. The molecule has 1 saturated heterocycles. The van der Waals surface area contributed by atoms with Crippen LogP contribution in [0.1, 0.15) is 33.6 Å². The molecule has 7 nitrogen and oxygen atoms in total. The molecule has 1 atom stereocenters. The fraction of sp³-hybridized carbons (Fsp3) is 0.562. The molecule has 1 amide bonds. The summed E-state index contributed by atoms with van der Waals surface area (Å²) < 4.78 is 5.27. The lowest BCUT2D eigenvalue weighted by Crippen LogP contribution is -2.49. The molecule has 1 unspecified atom stereocenters. The fourth-order valence-electron chi connectivity index (χ4n) is 2.67. The maximum atomic E-state index is 11.9. The highest BCUT2D eigenvalue weighted by molar-refractivity contribution is 5.68. The Labute approximate surface area is 135 Å². The van der Waals surface area contributed by atoms with E-state index in [0.717, 1.165) is 19.4 Å². The Kier molecular flexibility index (Phi) is 5.08. The summed E-state index contributed by atoms with van der Waals surface area (Å²) in [6.45, 7) is 6.70. The largest absolute Gasteiger partial charge is 0.444 e. The molecule has 0 bridgehead atoms. The van der Waals surface area contributed by atoms with Gasteiger partial charge in [-0.2, -0.15) is 0 Å². The van der Waals surface area contributed by atoms with Crippen molar-refractivity contribution in [1.29, 1.82) is 0 Å². The number of piperidine rings is 1. The zero-order valence-electron chi connectivity index (χ0n) is 13.7. The molecule has 1 aliphatic heterocycles. The van der Waals surface area contributed by atoms with Crippen molar-refractivity contribution in [3.05, 3.63) is 34.4 Å². The average molecular weight is 321 g/mol. The van der Waals surface area contributed by atoms with E-state index >= 15 is 0 Å². The van der Waals surface area contributed by atoms with E-state index in [2.05, 4.69) is 5.32 Å². The van der Waals surface area contributed by atoms with Crippen molar-refractivity contribution in [2.75, 3.05) is 18.0 Å². The van der Waals surface area contributed by atoms with Gasteiger partial charge in [0.15, 0.2) is 0 Å². The van der Waals surface area contributed by atoms with Crippen molar-refractivity contribution in [1.82, 2.24) is 5.32 Å². The van der Waals surface area contributed by atoms with Crippen LogP contribution in [0.4, 0.5) is 16.2 Å². The van der Waals surface area contributed by atoms with Gasteiger partial charge < -0.3 is 15.0 Å². The summed E-state index contributed by atoms with van der Waals surface area (Å²) in [7, 11) is 0. The Morgan fingerprint density at radius 2 is 2.09 bits per heavy atom. The molecule has 1 aromatic rings. The molecule has 1 N–H and O–H groups in total. The van der Waals surface area contributed by atoms with E-state index in [4.69, 9.17) is 4.74 Å². The number of para-hydroxylation sites is 2. The third-order valence-corrected chi connectivity index (χ3v) is 3.56. The van der Waals surface area contributed by atoms with Crippen LogP contribution in [0.5, 0.6) is 0 Å². The van der Waals surface area contributed by atoms with E-state index in [9.17, 15) is 14.9 Å². The molecule has 0 radical (unpaired) electrons. The lowest BCUT2D eigenvalue weighted by molar-refractivity contribution is -0.384. The van der Waals surface area contributed by atoms with Gasteiger partial charge in [-0.15, -0.1) is 0 Å². The molecule has 1 aliphatic rings. The number of nitrogens with one attached hydrogen (secondary N) is 1. The normalized spacial score (nSPS) is 18.4. The van der Waals surface area contributed by atoms with Crippen molar-refractivity contribution in [3.8, 4) is 0 Å². The summed E-state index contributed by atoms with van der Waals surface area (Å²) in [4.78, 5) is 24.6. The number of benzene rings is 1. The number of nitrogens with zero attached hydrogens (tertiary/aromatic N) is 2. The number of amides is 1. The van der Waals surface area contributed by atoms with Gasteiger partial charge in [-0.05, 0) is 39.7 Å². The van der Waals surface area contributed by atoms with Gasteiger partial charge in [0.25, 0.3) is 5.69 Å². The predicted octanol–water partition coefficient (Wildman–Crippen LogP) is 3.09. The zero-order valence-corrected chi connectivity index (χ0v) is 13.7. The third-order valence-electron chi connectivity index (χ3n) is 3.56. The quantitative estimate of drug-likeness (QED) is 0.683. The van der Waals surface area contributed by atoms with Crippen molar-refractivity contribution in [2.24, 2.45) is 0 Å². The highest BCUT2D eigenvalue weighted by Crippen LogP contribution is 2.29. The first-order valence-electron chi connectivity index (χ1n) is 7.74. The minimum absolute atomic E-state index is 0.0848. The first-order valence-corrected chi connectivity index (χ1v) is 7.74. The van der Waals surface area contributed by atoms with Crippen molar-refractivity contribution in [3.63, 3.8) is 0 Å². The maximum absolute atomic E-state index is 11.9. The molecule has 0 aromatic heterocycles. The monoisotopic (exact) mass is 321 g/mol. The maximum Gasteiger partial charge on any atom is 0.407 e. The first-order chi connectivity index (χ1) is 10.8. The van der Waals surface area contributed by atoms with E-state index in [1.165, 1.54) is 6.07 Å². The fourth-order valence-corrected chi connectivity index (χ4v) is 2.67. The van der Waals surface area contributed by atoms with Crippen LogP contribution in [0.2, 0.25) is 0 Å². The van der Waals surface area contributed by atoms with E-state index in [1.54, 1.807) is 18.2 Å². The van der Waals surface area contributed by atoms with Gasteiger partial charge in [-0.1, -0.05) is 12.1 Å². The SMILES string of the molecule is CC(C)(C)OC(=O)NC1CCCN(c2ccccc2[N+](=O)[O-])C1. The number of carbonyl (C=O) groups excluding carboxylic acids is 1. The number of ether oxygens (including phenoxy) is 1. The van der Waals surface area contributed by atoms with Gasteiger partial charge in [0.05, 0.1) is 4.92 Å². The Hall–Kier alpha value is -2.31. The molecule has 0 saturated carbocycles. The summed E-state index contributed by atoms with van der Waals surface area (Å²) in [5.74, 6) is 0. The number of hydrogen-bond donors (Lipinski definition) is 1. The first kappa shape index (κ1) is 17.1. The lowest BCUT2D eigenvalue weighted by Gasteiger charge is -2.34. The molecule has 1 fully saturated rings. The molecule has 2 rings (SSSR count). The second-order valence-electron chi connectivity index (χ2n) is 6.68. The highest BCUT2D eigenvalue weighted by atomic mass is 16.6. The van der Waals surface area contributed by atoms with Crippen molar-refractivity contribution < 1.29 is 14.5 Å². The molecular formula is C16H23N3O4. The van der Waals surface area contributed by atoms with E-state index in [-0.39, 0.29) is 16.7 Å². The number of nitro groups is 1. The van der Waals surface area contributed by atoms with E-state index in [0.29, 0.717) is 12.2 Å². The predicted molar refractivity (Wildman–Crippen MR) is 87.7 cm³/mol. The van der Waals surface area contributed by atoms with Crippen molar-refractivity contribution in [2.45, 2.75) is 45.3 Å². The topological polar surface area (TPSA) is 84.7 Å². The Balaban J connectivity index is 2.04. The lowest BCUT2D eigenvalue weighted by atomic mass is 10.0.